The molecule has 2 N–H and O–H groups in total. The molecule has 39 heavy (non-hydrogen) atoms. The summed E-state index contributed by atoms with van der Waals surface area (Å²) in [7, 11) is -4.78. The van der Waals surface area contributed by atoms with Crippen LogP contribution in [0.2, 0.25) is 0 Å². The van der Waals surface area contributed by atoms with Gasteiger partial charge in [-0.15, -0.1) is 0 Å². The van der Waals surface area contributed by atoms with Crippen molar-refractivity contribution in [1.29, 1.82) is 0 Å². The van der Waals surface area contributed by atoms with Crippen molar-refractivity contribution >= 4 is 36.7 Å². The number of imidazole rings is 1. The molecule has 0 spiro atoms. The summed E-state index contributed by atoms with van der Waals surface area (Å²) in [5.41, 5.74) is 4.32. The normalized spacial score (nSPS) is 22.3. The van der Waals surface area contributed by atoms with Gasteiger partial charge in [0.05, 0.1) is 17.2 Å². The molecule has 14 nitrogen and oxygen atoms in total. The SMILES string of the molecule is CC(C)(C)C(=O)OCOP(=O)(OCOC(=O)C(C)(C)C)OC[C@@]1(F)O[C@@H](n2cnc3c(N)ncnc32)C[C@@H]1F. The van der Waals surface area contributed by atoms with Crippen LogP contribution in [-0.4, -0.2) is 63.7 Å². The summed E-state index contributed by atoms with van der Waals surface area (Å²) in [6.45, 7) is 6.33. The first-order valence-electron chi connectivity index (χ1n) is 11.8. The molecule has 0 unspecified atom stereocenters. The number of carbonyl (C=O) groups is 2. The maximum atomic E-state index is 15.6. The molecule has 3 rings (SSSR count). The molecule has 0 saturated carbocycles. The van der Waals surface area contributed by atoms with Gasteiger partial charge in [0.2, 0.25) is 13.6 Å². The third-order valence-corrected chi connectivity index (χ3v) is 6.64. The quantitative estimate of drug-likeness (QED) is 0.246. The van der Waals surface area contributed by atoms with Gasteiger partial charge in [-0.2, -0.15) is 0 Å². The number of esters is 2. The lowest BCUT2D eigenvalue weighted by Gasteiger charge is -2.25. The van der Waals surface area contributed by atoms with E-state index in [1.165, 1.54) is 10.9 Å². The van der Waals surface area contributed by atoms with Crippen molar-refractivity contribution in [2.24, 2.45) is 10.8 Å². The number of carbonyl (C=O) groups excluding carboxylic acids is 2. The number of hydrogen-bond donors (Lipinski definition) is 1. The first-order chi connectivity index (χ1) is 18.0. The summed E-state index contributed by atoms with van der Waals surface area (Å²) in [6, 6.07) is 0. The highest BCUT2D eigenvalue weighted by Crippen LogP contribution is 2.52. The number of ether oxygens (including phenoxy) is 3. The van der Waals surface area contributed by atoms with E-state index in [9.17, 15) is 18.5 Å². The minimum Gasteiger partial charge on any atom is -0.437 e. The minimum atomic E-state index is -4.78. The zero-order valence-electron chi connectivity index (χ0n) is 22.4. The number of alkyl halides is 2. The maximum Gasteiger partial charge on any atom is 0.480 e. The number of halogens is 2. The summed E-state index contributed by atoms with van der Waals surface area (Å²) in [6.07, 6.45) is -1.54. The Morgan fingerprint density at radius 3 is 2.18 bits per heavy atom. The Bertz CT molecular complexity index is 1210. The van der Waals surface area contributed by atoms with Gasteiger partial charge in [0, 0.05) is 6.42 Å². The van der Waals surface area contributed by atoms with E-state index in [1.807, 2.05) is 0 Å². The Labute approximate surface area is 223 Å². The number of rotatable bonds is 10. The van der Waals surface area contributed by atoms with Crippen LogP contribution in [0.15, 0.2) is 12.7 Å². The molecule has 0 bridgehead atoms. The molecule has 3 atom stereocenters. The fraction of sp³-hybridized carbons (Fsp3) is 0.682. The Balaban J connectivity index is 1.70. The molecule has 218 valence electrons. The molecule has 2 aromatic rings. The molecule has 2 aromatic heterocycles. The van der Waals surface area contributed by atoms with Crippen molar-refractivity contribution in [1.82, 2.24) is 19.5 Å². The van der Waals surface area contributed by atoms with Gasteiger partial charge in [-0.05, 0) is 41.5 Å². The Morgan fingerprint density at radius 2 is 1.64 bits per heavy atom. The van der Waals surface area contributed by atoms with Crippen LogP contribution in [-0.2, 0) is 41.9 Å². The van der Waals surface area contributed by atoms with Gasteiger partial charge in [0.15, 0.2) is 17.6 Å². The van der Waals surface area contributed by atoms with Crippen molar-refractivity contribution in [3.8, 4) is 0 Å². The second-order valence-electron chi connectivity index (χ2n) is 10.7. The van der Waals surface area contributed by atoms with Crippen LogP contribution in [0.1, 0.15) is 54.2 Å². The molecular weight excluding hydrogens is 547 g/mol. The molecular formula is C22H32F2N5O9P. The molecule has 3 heterocycles. The topological polar surface area (TPSA) is 176 Å². The number of nitrogen functional groups attached to an aromatic ring is 1. The van der Waals surface area contributed by atoms with Gasteiger partial charge < -0.3 is 19.9 Å². The summed E-state index contributed by atoms with van der Waals surface area (Å²) >= 11 is 0. The van der Waals surface area contributed by atoms with E-state index in [4.69, 9.17) is 33.5 Å². The van der Waals surface area contributed by atoms with Gasteiger partial charge in [-0.25, -0.2) is 37.3 Å². The average molecular weight is 579 g/mol. The molecule has 1 aliphatic rings. The Kier molecular flexibility index (Phi) is 8.97. The van der Waals surface area contributed by atoms with Crippen LogP contribution in [0.4, 0.5) is 14.6 Å². The monoisotopic (exact) mass is 579 g/mol. The molecule has 1 fully saturated rings. The van der Waals surface area contributed by atoms with Crippen LogP contribution < -0.4 is 5.73 Å². The Morgan fingerprint density at radius 1 is 1.08 bits per heavy atom. The van der Waals surface area contributed by atoms with Crippen LogP contribution in [0, 0.1) is 10.8 Å². The lowest BCUT2D eigenvalue weighted by atomic mass is 9.98. The van der Waals surface area contributed by atoms with Crippen molar-refractivity contribution in [3.05, 3.63) is 12.7 Å². The summed E-state index contributed by atoms with van der Waals surface area (Å²) in [4.78, 5) is 35.8. The van der Waals surface area contributed by atoms with E-state index in [2.05, 4.69) is 15.0 Å². The highest BCUT2D eigenvalue weighted by Gasteiger charge is 2.53. The second-order valence-corrected chi connectivity index (χ2v) is 12.4. The number of aromatic nitrogens is 4. The number of hydrogen-bond acceptors (Lipinski definition) is 13. The predicted octanol–water partition coefficient (Wildman–Crippen LogP) is 3.58. The molecule has 1 aliphatic heterocycles. The van der Waals surface area contributed by atoms with Gasteiger partial charge in [-0.1, -0.05) is 0 Å². The van der Waals surface area contributed by atoms with E-state index in [-0.39, 0.29) is 17.0 Å². The van der Waals surface area contributed by atoms with Crippen LogP contribution in [0.5, 0.6) is 0 Å². The maximum absolute atomic E-state index is 15.6. The number of phosphoric ester groups is 1. The summed E-state index contributed by atoms with van der Waals surface area (Å²) in [5, 5.41) is 0. The average Bonchev–Trinajstić information content (AvgIpc) is 3.38. The fourth-order valence-electron chi connectivity index (χ4n) is 3.08. The van der Waals surface area contributed by atoms with Gasteiger partial charge in [0.25, 0.3) is 5.85 Å². The number of fused-ring (bicyclic) bond motifs is 1. The van der Waals surface area contributed by atoms with Gasteiger partial charge >= 0.3 is 19.8 Å². The standard InChI is InChI=1S/C22H32F2N5O9P/c1-20(2,3)18(30)33-11-36-39(32,37-12-34-19(31)21(4,5)6)35-8-22(24)13(23)7-14(38-22)29-10-28-15-16(25)26-9-27-17(15)29/h9-10,13-14H,7-8,11-12H2,1-6H3,(H2,25,26,27)/t13-,14+,22+/m0/s1. The largest absolute Gasteiger partial charge is 0.480 e. The number of phosphoric acid groups is 1. The van der Waals surface area contributed by atoms with Gasteiger partial charge in [-0.3, -0.25) is 18.7 Å². The van der Waals surface area contributed by atoms with Crippen LogP contribution in [0.25, 0.3) is 11.2 Å². The van der Waals surface area contributed by atoms with Crippen LogP contribution >= 0.6 is 7.82 Å². The number of nitrogens with zero attached hydrogens (tertiary/aromatic N) is 4. The zero-order chi connectivity index (χ0) is 29.2. The van der Waals surface area contributed by atoms with E-state index in [0.29, 0.717) is 0 Å². The first-order valence-corrected chi connectivity index (χ1v) is 13.2. The highest BCUT2D eigenvalue weighted by molar-refractivity contribution is 7.48. The smallest absolute Gasteiger partial charge is 0.437 e. The minimum absolute atomic E-state index is 0.0675. The molecule has 0 aliphatic carbocycles. The fourth-order valence-corrected chi connectivity index (χ4v) is 4.00. The van der Waals surface area contributed by atoms with Crippen LogP contribution in [0.3, 0.4) is 0 Å². The lowest BCUT2D eigenvalue weighted by Crippen LogP contribution is -2.37. The third kappa shape index (κ3) is 7.45. The van der Waals surface area contributed by atoms with Crippen molar-refractivity contribution in [2.75, 3.05) is 25.9 Å². The van der Waals surface area contributed by atoms with Crippen molar-refractivity contribution in [2.45, 2.75) is 66.2 Å². The molecule has 0 amide bonds. The second kappa shape index (κ2) is 11.4. The molecule has 17 heteroatoms. The third-order valence-electron chi connectivity index (χ3n) is 5.35. The number of nitrogens with two attached hydrogens (primary N) is 1. The molecule has 1 saturated heterocycles. The summed E-state index contributed by atoms with van der Waals surface area (Å²) < 4.78 is 74.8. The summed E-state index contributed by atoms with van der Waals surface area (Å²) in [5.74, 6) is -4.46. The highest BCUT2D eigenvalue weighted by atomic mass is 31.2. The van der Waals surface area contributed by atoms with E-state index in [1.54, 1.807) is 41.5 Å². The van der Waals surface area contributed by atoms with Crippen molar-refractivity contribution in [3.63, 3.8) is 0 Å². The van der Waals surface area contributed by atoms with Gasteiger partial charge in [0.1, 0.15) is 24.7 Å². The van der Waals surface area contributed by atoms with E-state index >= 15 is 4.39 Å². The van der Waals surface area contributed by atoms with Crippen molar-refractivity contribution < 1.29 is 50.7 Å². The zero-order valence-corrected chi connectivity index (χ0v) is 23.3. The first kappa shape index (κ1) is 30.8. The van der Waals surface area contributed by atoms with E-state index in [0.717, 1.165) is 6.33 Å². The molecule has 0 radical (unpaired) electrons. The Hall–Kier alpha value is -2.78. The molecule has 0 aromatic carbocycles. The van der Waals surface area contributed by atoms with E-state index < -0.39 is 75.5 Å². The predicted molar refractivity (Wildman–Crippen MR) is 130 cm³/mol. The lowest BCUT2D eigenvalue weighted by molar-refractivity contribution is -0.196. The number of anilines is 1.